The van der Waals surface area contributed by atoms with Gasteiger partial charge >= 0.3 is 12.3 Å². The first-order chi connectivity index (χ1) is 22.9. The molecule has 0 aromatic rings. The predicted octanol–water partition coefficient (Wildman–Crippen LogP) is -7.02. The van der Waals surface area contributed by atoms with Gasteiger partial charge in [-0.05, 0) is 5.53 Å². The van der Waals surface area contributed by atoms with Crippen molar-refractivity contribution in [1.29, 1.82) is 0 Å². The maximum atomic E-state index is 10.9. The number of aliphatic hydroxyl groups is 9. The van der Waals surface area contributed by atoms with Crippen molar-refractivity contribution >= 4 is 12.3 Å². The van der Waals surface area contributed by atoms with E-state index >= 15 is 0 Å². The lowest BCUT2D eigenvalue weighted by atomic mass is 10.0. The van der Waals surface area contributed by atoms with Gasteiger partial charge in [-0.1, -0.05) is 5.11 Å². The number of ether oxygens (including phenoxy) is 8. The van der Waals surface area contributed by atoms with Gasteiger partial charge < -0.3 is 83.9 Å². The third-order valence-electron chi connectivity index (χ3n) is 7.14. The highest BCUT2D eigenvalue weighted by Crippen LogP contribution is 2.30. The van der Waals surface area contributed by atoms with Crippen molar-refractivity contribution in [2.24, 2.45) is 5.11 Å². The molecule has 0 amide bonds. The summed E-state index contributed by atoms with van der Waals surface area (Å²) >= 11 is 0. The van der Waals surface area contributed by atoms with E-state index in [2.05, 4.69) is 10.0 Å². The number of carbonyl (C=O) groups excluding carboxylic acids is 4. The summed E-state index contributed by atoms with van der Waals surface area (Å²) in [5, 5.41) is 96.5. The first-order valence-electron chi connectivity index (χ1n) is 14.0. The summed E-state index contributed by atoms with van der Waals surface area (Å²) in [7, 11) is 0. The highest BCUT2D eigenvalue weighted by Gasteiger charge is 2.50. The Balaban J connectivity index is 0.00000124. The van der Waals surface area contributed by atoms with Gasteiger partial charge in [-0.25, -0.2) is 0 Å². The van der Waals surface area contributed by atoms with Crippen LogP contribution in [0.3, 0.4) is 0 Å². The summed E-state index contributed by atoms with van der Waals surface area (Å²) in [6.45, 7) is -1.74. The highest BCUT2D eigenvalue weighted by atomic mass is 16.8. The Labute approximate surface area is 269 Å². The SMILES string of the molecule is O=C=O.O=C=O.[N-]=[N+]=NCCO[C@@H]1OC[C@@H](O)[C@H](O[C@H]2OC[C@@H](O)[C@H](O[C@@H]3OC[C@@H](O)[C@H](O[C@H]4OC[C@@H](O)[C@H](O)C4O)C3O)C2O)C1O. The van der Waals surface area contributed by atoms with Crippen LogP contribution in [0, 0.1) is 0 Å². The van der Waals surface area contributed by atoms with Crippen LogP contribution in [0.5, 0.6) is 0 Å². The topological polar surface area (TPSA) is 373 Å². The molecule has 4 rings (SSSR count). The number of hydrogen-bond acceptors (Lipinski definition) is 22. The average Bonchev–Trinajstić information content (AvgIpc) is 3.05. The molecule has 16 atom stereocenters. The molecule has 0 saturated carbocycles. The zero-order chi connectivity index (χ0) is 36.0. The fraction of sp³-hybridized carbons (Fsp3) is 0.917. The predicted molar refractivity (Wildman–Crippen MR) is 138 cm³/mol. The van der Waals surface area contributed by atoms with E-state index in [0.29, 0.717) is 0 Å². The summed E-state index contributed by atoms with van der Waals surface area (Å²) in [5.74, 6) is 0. The van der Waals surface area contributed by atoms with Crippen molar-refractivity contribution in [2.75, 3.05) is 39.6 Å². The van der Waals surface area contributed by atoms with Crippen molar-refractivity contribution in [3.05, 3.63) is 10.4 Å². The molecule has 4 aliphatic rings. The molecule has 4 unspecified atom stereocenters. The van der Waals surface area contributed by atoms with Gasteiger partial charge in [0.25, 0.3) is 0 Å². The van der Waals surface area contributed by atoms with Crippen LogP contribution in [0.2, 0.25) is 0 Å². The molecule has 4 heterocycles. The van der Waals surface area contributed by atoms with Crippen molar-refractivity contribution in [1.82, 2.24) is 0 Å². The van der Waals surface area contributed by atoms with Gasteiger partial charge in [0.15, 0.2) is 25.2 Å². The molecule has 9 N–H and O–H groups in total. The third-order valence-corrected chi connectivity index (χ3v) is 7.14. The number of rotatable bonds is 10. The Morgan fingerprint density at radius 2 is 0.896 bits per heavy atom. The molecule has 274 valence electrons. The number of aliphatic hydroxyl groups excluding tert-OH is 9. The summed E-state index contributed by atoms with van der Waals surface area (Å²) in [6.07, 6.45) is -23.9. The molecular formula is C24H37N3O21. The summed E-state index contributed by atoms with van der Waals surface area (Å²) in [4.78, 5) is 35.1. The molecule has 0 aromatic carbocycles. The van der Waals surface area contributed by atoms with Gasteiger partial charge in [0.1, 0.15) is 73.2 Å². The van der Waals surface area contributed by atoms with Crippen LogP contribution in [0.25, 0.3) is 10.4 Å². The molecule has 0 spiro atoms. The third kappa shape index (κ3) is 11.2. The van der Waals surface area contributed by atoms with E-state index in [4.69, 9.17) is 62.6 Å². The summed E-state index contributed by atoms with van der Waals surface area (Å²) in [5.41, 5.74) is 8.35. The van der Waals surface area contributed by atoms with E-state index in [-0.39, 0.29) is 38.7 Å². The van der Waals surface area contributed by atoms with Crippen LogP contribution < -0.4 is 0 Å². The average molecular weight is 704 g/mol. The lowest BCUT2D eigenvalue weighted by molar-refractivity contribution is -0.366. The maximum absolute atomic E-state index is 10.9. The smallest absolute Gasteiger partial charge is 0.373 e. The van der Waals surface area contributed by atoms with Crippen LogP contribution in [0.4, 0.5) is 0 Å². The molecule has 0 aromatic heterocycles. The van der Waals surface area contributed by atoms with E-state index in [1.165, 1.54) is 0 Å². The Hall–Kier alpha value is -2.61. The van der Waals surface area contributed by atoms with Crippen LogP contribution in [0.15, 0.2) is 5.11 Å². The van der Waals surface area contributed by atoms with Gasteiger partial charge in [0.2, 0.25) is 0 Å². The van der Waals surface area contributed by atoms with Crippen LogP contribution in [0.1, 0.15) is 0 Å². The number of hydrogen-bond donors (Lipinski definition) is 9. The summed E-state index contributed by atoms with van der Waals surface area (Å²) in [6, 6.07) is 0. The largest absolute Gasteiger partial charge is 0.388 e. The highest BCUT2D eigenvalue weighted by molar-refractivity contribution is 5.20. The second kappa shape index (κ2) is 20.8. The Kier molecular flexibility index (Phi) is 18.0. The fourth-order valence-electron chi connectivity index (χ4n) is 4.83. The Morgan fingerprint density at radius 3 is 1.29 bits per heavy atom. The van der Waals surface area contributed by atoms with Crippen molar-refractivity contribution in [3.63, 3.8) is 0 Å². The quantitative estimate of drug-likeness (QED) is 0.0441. The zero-order valence-corrected chi connectivity index (χ0v) is 24.7. The van der Waals surface area contributed by atoms with Crippen molar-refractivity contribution in [3.8, 4) is 0 Å². The van der Waals surface area contributed by atoms with Gasteiger partial charge in [-0.2, -0.15) is 19.2 Å². The standard InChI is InChI=1S/C22H37N3O17.2CO2/c23-25-24-1-2-35-19-13(32)16(8(27)4-36-19)41-21-15(34)18(10(29)6-38-21)42-22-14(33)17(9(28)5-39-22)40-20-12(31)11(30)7(26)3-37-20;2*2-1-3/h7-22,26-34H,1-6H2;;/t7-,8-,9-,10-,11+,12?,13?,14?,15?,16+,17+,18+,19-,20-,21-,22+;;/m1../s1. The number of nitrogens with zero attached hydrogens (tertiary/aromatic N) is 3. The van der Waals surface area contributed by atoms with Gasteiger partial charge in [-0.3, -0.25) is 0 Å². The Morgan fingerprint density at radius 1 is 0.562 bits per heavy atom. The number of azide groups is 1. The normalized spacial score (nSPS) is 42.7. The van der Waals surface area contributed by atoms with E-state index in [1.807, 2.05) is 0 Å². The molecule has 24 nitrogen and oxygen atoms in total. The minimum Gasteiger partial charge on any atom is -0.388 e. The monoisotopic (exact) mass is 703 g/mol. The molecule has 24 heteroatoms. The van der Waals surface area contributed by atoms with Crippen LogP contribution in [-0.4, -0.2) is 196 Å². The van der Waals surface area contributed by atoms with Crippen LogP contribution in [-0.2, 0) is 57.1 Å². The molecular weight excluding hydrogens is 666 g/mol. The molecule has 0 aliphatic carbocycles. The van der Waals surface area contributed by atoms with E-state index in [9.17, 15) is 46.0 Å². The second-order valence-electron chi connectivity index (χ2n) is 10.3. The second-order valence-corrected chi connectivity index (χ2v) is 10.3. The first-order valence-corrected chi connectivity index (χ1v) is 14.0. The lowest BCUT2D eigenvalue weighted by Crippen LogP contribution is -2.63. The molecule has 0 bridgehead atoms. The Bertz CT molecular complexity index is 1060. The zero-order valence-electron chi connectivity index (χ0n) is 24.7. The minimum atomic E-state index is -1.77. The van der Waals surface area contributed by atoms with Gasteiger partial charge in [0.05, 0.1) is 33.0 Å². The summed E-state index contributed by atoms with van der Waals surface area (Å²) < 4.78 is 43.1. The molecule has 0 radical (unpaired) electrons. The fourth-order valence-corrected chi connectivity index (χ4v) is 4.83. The first kappa shape index (κ1) is 41.6. The molecule has 4 aliphatic heterocycles. The lowest BCUT2D eigenvalue weighted by Gasteiger charge is -2.45. The molecule has 4 saturated heterocycles. The van der Waals surface area contributed by atoms with E-state index in [0.717, 1.165) is 0 Å². The molecule has 4 fully saturated rings. The van der Waals surface area contributed by atoms with E-state index in [1.54, 1.807) is 0 Å². The maximum Gasteiger partial charge on any atom is 0.373 e. The van der Waals surface area contributed by atoms with E-state index < -0.39 is 112 Å². The molecule has 48 heavy (non-hydrogen) atoms. The van der Waals surface area contributed by atoms with Gasteiger partial charge in [0, 0.05) is 11.5 Å². The van der Waals surface area contributed by atoms with Crippen molar-refractivity contribution < 1.29 is 103 Å². The van der Waals surface area contributed by atoms with Gasteiger partial charge in [-0.15, -0.1) is 0 Å². The van der Waals surface area contributed by atoms with Crippen LogP contribution >= 0.6 is 0 Å². The minimum absolute atomic E-state index is 0.0458. The van der Waals surface area contributed by atoms with Crippen molar-refractivity contribution in [2.45, 2.75) is 98.4 Å².